The molecule has 2 saturated heterocycles. The second kappa shape index (κ2) is 12.6. The number of halogens is 3. The van der Waals surface area contributed by atoms with E-state index in [1.807, 2.05) is 24.3 Å². The summed E-state index contributed by atoms with van der Waals surface area (Å²) in [5.41, 5.74) is 3.68. The maximum Gasteiger partial charge on any atom is 0.434 e. The zero-order chi connectivity index (χ0) is 35.4. The highest BCUT2D eigenvalue weighted by atomic mass is 19.4. The van der Waals surface area contributed by atoms with Gasteiger partial charge in [0.05, 0.1) is 5.69 Å². The van der Waals surface area contributed by atoms with E-state index in [0.717, 1.165) is 54.1 Å². The van der Waals surface area contributed by atoms with Gasteiger partial charge in [0.1, 0.15) is 29.8 Å². The quantitative estimate of drug-likeness (QED) is 0.241. The van der Waals surface area contributed by atoms with E-state index in [1.54, 1.807) is 24.0 Å². The lowest BCUT2D eigenvalue weighted by Crippen LogP contribution is -2.53. The van der Waals surface area contributed by atoms with Crippen LogP contribution in [-0.2, 0) is 28.7 Å². The molecular formula is C37H33F3N8O3. The van der Waals surface area contributed by atoms with E-state index in [4.69, 9.17) is 0 Å². The van der Waals surface area contributed by atoms with Crippen LogP contribution in [0.1, 0.15) is 51.4 Å². The van der Waals surface area contributed by atoms with E-state index >= 15 is 0 Å². The fraction of sp³-hybridized carbons (Fsp3) is 0.297. The van der Waals surface area contributed by atoms with Crippen LogP contribution in [-0.4, -0.2) is 74.4 Å². The van der Waals surface area contributed by atoms with E-state index in [0.29, 0.717) is 54.6 Å². The van der Waals surface area contributed by atoms with Crippen molar-refractivity contribution in [1.29, 1.82) is 0 Å². The van der Waals surface area contributed by atoms with Crippen molar-refractivity contribution in [1.82, 2.24) is 29.7 Å². The van der Waals surface area contributed by atoms with E-state index in [-0.39, 0.29) is 18.2 Å². The van der Waals surface area contributed by atoms with Gasteiger partial charge in [0.2, 0.25) is 11.8 Å². The molecule has 0 saturated carbocycles. The van der Waals surface area contributed by atoms with Crippen molar-refractivity contribution in [3.05, 3.63) is 107 Å². The van der Waals surface area contributed by atoms with Gasteiger partial charge in [0, 0.05) is 62.4 Å². The summed E-state index contributed by atoms with van der Waals surface area (Å²) in [6, 6.07) is 19.1. The highest BCUT2D eigenvalue weighted by molar-refractivity contribution is 6.27. The topological polar surface area (TPSA) is 117 Å². The van der Waals surface area contributed by atoms with Crippen molar-refractivity contribution in [3.8, 4) is 5.82 Å². The Balaban J connectivity index is 0.916. The van der Waals surface area contributed by atoms with Crippen LogP contribution >= 0.6 is 0 Å². The van der Waals surface area contributed by atoms with Crippen LogP contribution in [0.4, 0.5) is 24.7 Å². The summed E-state index contributed by atoms with van der Waals surface area (Å²) in [5.74, 6) is 0.486. The molecule has 5 heterocycles. The van der Waals surface area contributed by atoms with Crippen molar-refractivity contribution in [2.75, 3.05) is 36.0 Å². The van der Waals surface area contributed by atoms with Crippen LogP contribution in [0.25, 0.3) is 16.6 Å². The van der Waals surface area contributed by atoms with E-state index in [9.17, 15) is 27.6 Å². The first-order chi connectivity index (χ1) is 24.5. The molecule has 0 spiro atoms. The van der Waals surface area contributed by atoms with E-state index in [1.165, 1.54) is 10.1 Å². The zero-order valence-corrected chi connectivity index (χ0v) is 27.7. The monoisotopic (exact) mass is 694 g/mol. The number of rotatable bonds is 7. The number of piperazine rings is 1. The number of nitrogens with one attached hydrogen (secondary N) is 1. The van der Waals surface area contributed by atoms with Gasteiger partial charge in [-0.25, -0.2) is 15.0 Å². The molecule has 3 aliphatic heterocycles. The SMILES string of the molecule is Cc1nc(N2CCN(Cc3ccc(Cc4ccc5c6c(cccc46)C(=O)N5C4CCC(=O)NC4=O)cc3)CC2)cc(-n2cnc(C(F)(F)F)c2)n1. The van der Waals surface area contributed by atoms with Crippen LogP contribution in [0.3, 0.4) is 0 Å². The molecule has 0 bridgehead atoms. The van der Waals surface area contributed by atoms with Gasteiger partial charge in [0.25, 0.3) is 5.91 Å². The lowest BCUT2D eigenvalue weighted by atomic mass is 9.95. The summed E-state index contributed by atoms with van der Waals surface area (Å²) in [6.07, 6.45) is -1.32. The molecule has 51 heavy (non-hydrogen) atoms. The smallest absolute Gasteiger partial charge is 0.354 e. The number of hydrogen-bond donors (Lipinski definition) is 1. The third-order valence-corrected chi connectivity index (χ3v) is 9.81. The Bertz CT molecular complexity index is 2190. The lowest BCUT2D eigenvalue weighted by Gasteiger charge is -2.35. The van der Waals surface area contributed by atoms with Crippen LogP contribution < -0.4 is 15.1 Å². The first-order valence-corrected chi connectivity index (χ1v) is 16.8. The van der Waals surface area contributed by atoms with Crippen LogP contribution in [0.2, 0.25) is 0 Å². The molecule has 3 aliphatic rings. The fourth-order valence-corrected chi connectivity index (χ4v) is 7.26. The molecule has 260 valence electrons. The summed E-state index contributed by atoms with van der Waals surface area (Å²) < 4.78 is 40.5. The molecule has 1 N–H and O–H groups in total. The average molecular weight is 695 g/mol. The standard InChI is InChI=1S/C37H33F3N8O3/c1-22-42-31(18-32(43-22)47-20-30(41-21-47)37(38,39)40)46-15-13-45(14-16-46)19-24-7-5-23(6-8-24)17-25-9-10-28-34-26(25)3-2-4-27(34)36(51)48(28)29-11-12-33(49)44-35(29)50/h2-10,18,20-21,29H,11-17,19H2,1H3,(H,44,49,50). The molecule has 11 nitrogen and oxygen atoms in total. The van der Waals surface area contributed by atoms with E-state index in [2.05, 4.69) is 54.3 Å². The van der Waals surface area contributed by atoms with Gasteiger partial charge in [-0.15, -0.1) is 0 Å². The Labute approximate surface area is 290 Å². The number of imidazole rings is 1. The third-order valence-electron chi connectivity index (χ3n) is 9.81. The van der Waals surface area contributed by atoms with Gasteiger partial charge in [-0.3, -0.25) is 34.1 Å². The van der Waals surface area contributed by atoms with Crippen LogP contribution in [0.15, 0.2) is 73.2 Å². The summed E-state index contributed by atoms with van der Waals surface area (Å²) >= 11 is 0. The van der Waals surface area contributed by atoms with Crippen LogP contribution in [0, 0.1) is 6.92 Å². The van der Waals surface area contributed by atoms with Gasteiger partial charge in [-0.1, -0.05) is 42.5 Å². The van der Waals surface area contributed by atoms with Crippen molar-refractivity contribution in [2.24, 2.45) is 0 Å². The second-order valence-corrected chi connectivity index (χ2v) is 13.2. The van der Waals surface area contributed by atoms with Gasteiger partial charge >= 0.3 is 6.18 Å². The summed E-state index contributed by atoms with van der Waals surface area (Å²) in [5, 5.41) is 4.18. The Morgan fingerprint density at radius 3 is 2.37 bits per heavy atom. The van der Waals surface area contributed by atoms with Gasteiger partial charge in [0.15, 0.2) is 5.69 Å². The molecule has 5 aromatic rings. The Morgan fingerprint density at radius 2 is 1.65 bits per heavy atom. The van der Waals surface area contributed by atoms with E-state index < -0.39 is 23.8 Å². The molecule has 8 rings (SSSR count). The molecular weight excluding hydrogens is 661 g/mol. The number of piperidine rings is 1. The molecule has 2 fully saturated rings. The zero-order valence-electron chi connectivity index (χ0n) is 27.7. The maximum absolute atomic E-state index is 13.5. The predicted octanol–water partition coefficient (Wildman–Crippen LogP) is 4.82. The first-order valence-electron chi connectivity index (χ1n) is 16.8. The Morgan fingerprint density at radius 1 is 0.902 bits per heavy atom. The summed E-state index contributed by atoms with van der Waals surface area (Å²) in [4.78, 5) is 56.3. The maximum atomic E-state index is 13.5. The van der Waals surface area contributed by atoms with Crippen molar-refractivity contribution in [3.63, 3.8) is 0 Å². The van der Waals surface area contributed by atoms with Gasteiger partial charge < -0.3 is 4.90 Å². The molecule has 14 heteroatoms. The van der Waals surface area contributed by atoms with Crippen molar-refractivity contribution >= 4 is 40.0 Å². The molecule has 0 aliphatic carbocycles. The number of hydrogen-bond acceptors (Lipinski definition) is 8. The second-order valence-electron chi connectivity index (χ2n) is 13.2. The minimum absolute atomic E-state index is 0.195. The number of imide groups is 1. The number of amides is 3. The molecule has 2 aromatic heterocycles. The average Bonchev–Trinajstić information content (AvgIpc) is 3.72. The highest BCUT2D eigenvalue weighted by Gasteiger charge is 2.41. The third kappa shape index (κ3) is 6.20. The molecule has 0 radical (unpaired) electrons. The molecule has 1 unspecified atom stereocenters. The number of aryl methyl sites for hydroxylation is 1. The number of benzene rings is 3. The number of carbonyl (C=O) groups excluding carboxylic acids is 3. The fourth-order valence-electron chi connectivity index (χ4n) is 7.26. The minimum atomic E-state index is -4.53. The Kier molecular flexibility index (Phi) is 8.05. The number of carbonyl (C=O) groups is 3. The number of alkyl halides is 3. The van der Waals surface area contributed by atoms with Gasteiger partial charge in [-0.05, 0) is 54.0 Å². The summed E-state index contributed by atoms with van der Waals surface area (Å²) in [6.45, 7) is 5.49. The van der Waals surface area contributed by atoms with Crippen LogP contribution in [0.5, 0.6) is 0 Å². The molecule has 3 amide bonds. The minimum Gasteiger partial charge on any atom is -0.354 e. The largest absolute Gasteiger partial charge is 0.434 e. The van der Waals surface area contributed by atoms with Gasteiger partial charge in [-0.2, -0.15) is 13.2 Å². The predicted molar refractivity (Wildman–Crippen MR) is 183 cm³/mol. The van der Waals surface area contributed by atoms with Crippen molar-refractivity contribution in [2.45, 2.75) is 44.9 Å². The number of aromatic nitrogens is 4. The number of nitrogens with zero attached hydrogens (tertiary/aromatic N) is 7. The molecule has 3 aromatic carbocycles. The summed E-state index contributed by atoms with van der Waals surface area (Å²) in [7, 11) is 0. The molecule has 1 atom stereocenters. The normalized spacial score (nSPS) is 18.2. The van der Waals surface area contributed by atoms with Crippen molar-refractivity contribution < 1.29 is 27.6 Å². The first kappa shape index (κ1) is 32.6. The Hall–Kier alpha value is -5.63. The number of anilines is 2. The highest BCUT2D eigenvalue weighted by Crippen LogP contribution is 2.41. The lowest BCUT2D eigenvalue weighted by molar-refractivity contribution is -0.141.